The van der Waals surface area contributed by atoms with E-state index in [0.717, 1.165) is 17.5 Å². The van der Waals surface area contributed by atoms with Crippen LogP contribution in [-0.4, -0.2) is 10.7 Å². The molecule has 0 bridgehead atoms. The number of aromatic nitrogens is 1. The molecule has 4 heteroatoms. The van der Waals surface area contributed by atoms with E-state index in [1.807, 2.05) is 11.8 Å². The normalized spacial score (nSPS) is 14.2. The Bertz CT molecular complexity index is 648. The third kappa shape index (κ3) is 2.16. The fraction of sp³-hybridized carbons (Fsp3) is 0.214. The standard InChI is InChI=1S/C14H14N2OS/c15-13-7-11(8-14(17)16-13)9-3-4-12-10(6-9)2-1-5-18-12/h3-4,6-8H,1-2,5H2,(H3,15,16,17). The van der Waals surface area contributed by atoms with Gasteiger partial charge in [-0.3, -0.25) is 4.79 Å². The number of anilines is 1. The molecule has 0 spiro atoms. The summed E-state index contributed by atoms with van der Waals surface area (Å²) < 4.78 is 0. The summed E-state index contributed by atoms with van der Waals surface area (Å²) in [5, 5.41) is 0. The average molecular weight is 258 g/mol. The van der Waals surface area contributed by atoms with Crippen molar-refractivity contribution >= 4 is 17.6 Å². The number of nitrogen functional groups attached to an aromatic ring is 1. The van der Waals surface area contributed by atoms with E-state index in [1.54, 1.807) is 12.1 Å². The van der Waals surface area contributed by atoms with Crippen LogP contribution in [0.5, 0.6) is 0 Å². The van der Waals surface area contributed by atoms with Crippen LogP contribution in [0.3, 0.4) is 0 Å². The maximum atomic E-state index is 11.4. The predicted molar refractivity (Wildman–Crippen MR) is 76.0 cm³/mol. The number of nitrogens with two attached hydrogens (primary N) is 1. The largest absolute Gasteiger partial charge is 0.385 e. The van der Waals surface area contributed by atoms with Gasteiger partial charge in [0.2, 0.25) is 5.56 Å². The van der Waals surface area contributed by atoms with Gasteiger partial charge in [-0.2, -0.15) is 0 Å². The number of hydrogen-bond donors (Lipinski definition) is 2. The lowest BCUT2D eigenvalue weighted by Crippen LogP contribution is -2.07. The van der Waals surface area contributed by atoms with Gasteiger partial charge >= 0.3 is 0 Å². The Morgan fingerprint density at radius 3 is 2.89 bits per heavy atom. The molecule has 92 valence electrons. The molecule has 2 aromatic rings. The molecule has 18 heavy (non-hydrogen) atoms. The Morgan fingerprint density at radius 1 is 1.17 bits per heavy atom. The minimum atomic E-state index is -0.155. The summed E-state index contributed by atoms with van der Waals surface area (Å²) in [6.45, 7) is 0. The van der Waals surface area contributed by atoms with Gasteiger partial charge in [-0.05, 0) is 47.4 Å². The first-order valence-corrected chi connectivity index (χ1v) is 6.97. The van der Waals surface area contributed by atoms with Crippen LogP contribution in [0.1, 0.15) is 12.0 Å². The van der Waals surface area contributed by atoms with Gasteiger partial charge in [0.25, 0.3) is 0 Å². The second kappa shape index (κ2) is 4.53. The van der Waals surface area contributed by atoms with Gasteiger partial charge in [0.1, 0.15) is 5.82 Å². The zero-order valence-electron chi connectivity index (χ0n) is 9.90. The number of aryl methyl sites for hydroxylation is 1. The van der Waals surface area contributed by atoms with Crippen LogP contribution >= 0.6 is 11.8 Å². The molecular formula is C14H14N2OS. The van der Waals surface area contributed by atoms with Crippen molar-refractivity contribution in [3.63, 3.8) is 0 Å². The van der Waals surface area contributed by atoms with Gasteiger partial charge in [-0.1, -0.05) is 12.1 Å². The third-order valence-corrected chi connectivity index (χ3v) is 4.31. The Balaban J connectivity index is 2.08. The monoisotopic (exact) mass is 258 g/mol. The van der Waals surface area contributed by atoms with Crippen LogP contribution in [0, 0.1) is 0 Å². The summed E-state index contributed by atoms with van der Waals surface area (Å²) in [6.07, 6.45) is 2.34. The molecular weight excluding hydrogens is 244 g/mol. The van der Waals surface area contributed by atoms with Crippen molar-refractivity contribution in [3.8, 4) is 11.1 Å². The average Bonchev–Trinajstić information content (AvgIpc) is 2.37. The summed E-state index contributed by atoms with van der Waals surface area (Å²) in [7, 11) is 0. The van der Waals surface area contributed by atoms with Gasteiger partial charge in [0.05, 0.1) is 0 Å². The molecule has 0 radical (unpaired) electrons. The summed E-state index contributed by atoms with van der Waals surface area (Å²) in [6, 6.07) is 9.78. The zero-order valence-corrected chi connectivity index (χ0v) is 10.7. The maximum Gasteiger partial charge on any atom is 0.250 e. The highest BCUT2D eigenvalue weighted by Gasteiger charge is 2.11. The van der Waals surface area contributed by atoms with E-state index >= 15 is 0 Å². The molecule has 3 rings (SSSR count). The van der Waals surface area contributed by atoms with E-state index in [1.165, 1.54) is 22.6 Å². The minimum Gasteiger partial charge on any atom is -0.385 e. The quantitative estimate of drug-likeness (QED) is 0.826. The second-order valence-electron chi connectivity index (χ2n) is 4.46. The van der Waals surface area contributed by atoms with Crippen LogP contribution < -0.4 is 11.3 Å². The van der Waals surface area contributed by atoms with Gasteiger partial charge in [-0.25, -0.2) is 0 Å². The van der Waals surface area contributed by atoms with E-state index in [9.17, 15) is 4.79 Å². The summed E-state index contributed by atoms with van der Waals surface area (Å²) in [4.78, 5) is 15.4. The molecule has 0 saturated heterocycles. The number of nitrogens with one attached hydrogen (secondary N) is 1. The first kappa shape index (κ1) is 11.4. The van der Waals surface area contributed by atoms with Crippen molar-refractivity contribution in [2.24, 2.45) is 0 Å². The zero-order chi connectivity index (χ0) is 12.5. The summed E-state index contributed by atoms with van der Waals surface area (Å²) >= 11 is 1.91. The van der Waals surface area contributed by atoms with Crippen molar-refractivity contribution in [1.29, 1.82) is 0 Å². The van der Waals surface area contributed by atoms with Gasteiger partial charge in [0.15, 0.2) is 0 Å². The molecule has 0 atom stereocenters. The lowest BCUT2D eigenvalue weighted by Gasteiger charge is -2.16. The van der Waals surface area contributed by atoms with E-state index in [4.69, 9.17) is 5.73 Å². The molecule has 1 aliphatic heterocycles. The smallest absolute Gasteiger partial charge is 0.250 e. The topological polar surface area (TPSA) is 58.9 Å². The number of benzene rings is 1. The number of fused-ring (bicyclic) bond motifs is 1. The van der Waals surface area contributed by atoms with Crippen LogP contribution in [0.25, 0.3) is 11.1 Å². The minimum absolute atomic E-state index is 0.155. The van der Waals surface area contributed by atoms with Gasteiger partial charge in [-0.15, -0.1) is 11.8 Å². The van der Waals surface area contributed by atoms with Crippen LogP contribution in [-0.2, 0) is 6.42 Å². The van der Waals surface area contributed by atoms with Crippen molar-refractivity contribution in [2.45, 2.75) is 17.7 Å². The number of H-pyrrole nitrogens is 1. The lowest BCUT2D eigenvalue weighted by molar-refractivity contribution is 0.890. The van der Waals surface area contributed by atoms with Gasteiger partial charge < -0.3 is 10.7 Å². The van der Waals surface area contributed by atoms with Crippen molar-refractivity contribution < 1.29 is 0 Å². The lowest BCUT2D eigenvalue weighted by atomic mass is 10.0. The third-order valence-electron chi connectivity index (χ3n) is 3.11. The van der Waals surface area contributed by atoms with Crippen LogP contribution in [0.15, 0.2) is 40.0 Å². The molecule has 0 fully saturated rings. The Morgan fingerprint density at radius 2 is 2.06 bits per heavy atom. The summed E-state index contributed by atoms with van der Waals surface area (Å²) in [5.74, 6) is 1.61. The van der Waals surface area contributed by atoms with E-state index in [0.29, 0.717) is 5.82 Å². The van der Waals surface area contributed by atoms with E-state index < -0.39 is 0 Å². The Kier molecular flexibility index (Phi) is 2.88. The highest BCUT2D eigenvalue weighted by Crippen LogP contribution is 2.33. The van der Waals surface area contributed by atoms with E-state index in [2.05, 4.69) is 23.2 Å². The molecule has 3 N–H and O–H groups in total. The fourth-order valence-corrected chi connectivity index (χ4v) is 3.29. The molecule has 0 aliphatic carbocycles. The molecule has 1 aromatic carbocycles. The molecule has 3 nitrogen and oxygen atoms in total. The van der Waals surface area contributed by atoms with Crippen LogP contribution in [0.4, 0.5) is 5.82 Å². The Labute approximate surface area is 109 Å². The number of hydrogen-bond acceptors (Lipinski definition) is 3. The molecule has 0 unspecified atom stereocenters. The van der Waals surface area contributed by atoms with E-state index in [-0.39, 0.29) is 5.56 Å². The number of pyridine rings is 1. The molecule has 1 aliphatic rings. The number of thioether (sulfide) groups is 1. The molecule has 0 saturated carbocycles. The van der Waals surface area contributed by atoms with Crippen molar-refractivity contribution in [3.05, 3.63) is 46.2 Å². The SMILES string of the molecule is Nc1cc(-c2ccc3c(c2)CCCS3)cc(=O)[nH]1. The first-order chi connectivity index (χ1) is 8.72. The maximum absolute atomic E-state index is 11.4. The Hall–Kier alpha value is -1.68. The highest BCUT2D eigenvalue weighted by atomic mass is 32.2. The predicted octanol–water partition coefficient (Wildman–Crippen LogP) is 2.66. The second-order valence-corrected chi connectivity index (χ2v) is 5.60. The van der Waals surface area contributed by atoms with Crippen molar-refractivity contribution in [2.75, 3.05) is 11.5 Å². The number of aromatic amines is 1. The highest BCUT2D eigenvalue weighted by molar-refractivity contribution is 7.99. The molecule has 2 heterocycles. The molecule has 0 amide bonds. The fourth-order valence-electron chi connectivity index (χ4n) is 2.27. The van der Waals surface area contributed by atoms with Crippen LogP contribution in [0.2, 0.25) is 0 Å². The van der Waals surface area contributed by atoms with Crippen molar-refractivity contribution in [1.82, 2.24) is 4.98 Å². The first-order valence-electron chi connectivity index (χ1n) is 5.98. The summed E-state index contributed by atoms with van der Waals surface area (Å²) in [5.41, 5.74) is 8.84. The van der Waals surface area contributed by atoms with Gasteiger partial charge in [0, 0.05) is 11.0 Å². The molecule has 1 aromatic heterocycles. The number of rotatable bonds is 1.